The van der Waals surface area contributed by atoms with Crippen LogP contribution in [0.2, 0.25) is 0 Å². The third kappa shape index (κ3) is 2.04. The Morgan fingerprint density at radius 1 is 0.857 bits per heavy atom. The normalized spacial score (nSPS) is 16.9. The minimum absolute atomic E-state index is 0.474. The van der Waals surface area contributed by atoms with E-state index in [0.717, 1.165) is 4.47 Å². The summed E-state index contributed by atoms with van der Waals surface area (Å²) in [4.78, 5) is 0. The van der Waals surface area contributed by atoms with Gasteiger partial charge in [0.1, 0.15) is 0 Å². The Hall–Kier alpha value is -1.86. The molecule has 0 fully saturated rings. The van der Waals surface area contributed by atoms with E-state index in [4.69, 9.17) is 0 Å². The van der Waals surface area contributed by atoms with Gasteiger partial charge in [0.25, 0.3) is 0 Å². The van der Waals surface area contributed by atoms with Crippen molar-refractivity contribution >= 4 is 32.3 Å². The lowest BCUT2D eigenvalue weighted by molar-refractivity contribution is 0.989. The van der Waals surface area contributed by atoms with Crippen LogP contribution in [0.4, 0.5) is 0 Å². The summed E-state index contributed by atoms with van der Waals surface area (Å²) in [7, 11) is 0. The lowest BCUT2D eigenvalue weighted by Gasteiger charge is -2.10. The van der Waals surface area contributed by atoms with Gasteiger partial charge in [0, 0.05) is 10.4 Å². The van der Waals surface area contributed by atoms with Crippen molar-refractivity contribution in [1.82, 2.24) is 0 Å². The third-order valence-electron chi connectivity index (χ3n) is 4.29. The second kappa shape index (κ2) is 4.85. The molecular weight excluding hydrogens is 320 g/mol. The summed E-state index contributed by atoms with van der Waals surface area (Å²) in [5, 5.41) is 2.62. The van der Waals surface area contributed by atoms with E-state index in [1.165, 1.54) is 33.0 Å². The molecule has 0 nitrogen and oxygen atoms in total. The van der Waals surface area contributed by atoms with E-state index < -0.39 is 0 Å². The third-order valence-corrected chi connectivity index (χ3v) is 4.79. The van der Waals surface area contributed by atoms with Crippen LogP contribution >= 0.6 is 15.9 Å². The summed E-state index contributed by atoms with van der Waals surface area (Å²) >= 11 is 3.61. The summed E-state index contributed by atoms with van der Waals surface area (Å²) in [6, 6.07) is 21.8. The molecule has 0 amide bonds. The Bertz CT molecular complexity index is 869. The topological polar surface area (TPSA) is 0 Å². The van der Waals surface area contributed by atoms with Crippen LogP contribution in [-0.2, 0) is 0 Å². The highest BCUT2D eigenvalue weighted by Crippen LogP contribution is 2.42. The zero-order valence-electron chi connectivity index (χ0n) is 11.8. The Balaban J connectivity index is 1.99. The highest BCUT2D eigenvalue weighted by Gasteiger charge is 2.22. The summed E-state index contributed by atoms with van der Waals surface area (Å²) in [5.74, 6) is 0.474. The largest absolute Gasteiger partial charge is 0.0688 e. The van der Waals surface area contributed by atoms with Gasteiger partial charge in [0.15, 0.2) is 0 Å². The van der Waals surface area contributed by atoms with Gasteiger partial charge < -0.3 is 0 Å². The average Bonchev–Trinajstić information content (AvgIpc) is 2.83. The molecule has 3 aromatic rings. The van der Waals surface area contributed by atoms with Crippen molar-refractivity contribution in [2.24, 2.45) is 0 Å². The van der Waals surface area contributed by atoms with Crippen LogP contribution in [0.1, 0.15) is 29.5 Å². The van der Waals surface area contributed by atoms with Crippen molar-refractivity contribution in [3.05, 3.63) is 87.9 Å². The molecule has 0 aromatic heterocycles. The standard InChI is InChI=1S/C20H15Br/c1-13-11-19(20-12-15(21)9-10-16(13)20)18-8-4-6-14-5-2-3-7-17(14)18/h2-13H,1H3. The lowest BCUT2D eigenvalue weighted by atomic mass is 9.94. The van der Waals surface area contributed by atoms with Gasteiger partial charge in [-0.05, 0) is 45.2 Å². The maximum atomic E-state index is 3.61. The number of hydrogen-bond donors (Lipinski definition) is 0. The molecule has 102 valence electrons. The first-order valence-corrected chi connectivity index (χ1v) is 8.03. The molecular formula is C20H15Br. The molecule has 3 aromatic carbocycles. The SMILES string of the molecule is CC1C=C(c2cccc3ccccc23)c2cc(Br)ccc21. The number of benzene rings is 3. The molecule has 0 aliphatic heterocycles. The first-order chi connectivity index (χ1) is 10.2. The molecule has 1 aliphatic carbocycles. The molecule has 21 heavy (non-hydrogen) atoms. The van der Waals surface area contributed by atoms with Crippen molar-refractivity contribution in [3.63, 3.8) is 0 Å². The van der Waals surface area contributed by atoms with Gasteiger partial charge in [-0.25, -0.2) is 0 Å². The van der Waals surface area contributed by atoms with Crippen LogP contribution in [-0.4, -0.2) is 0 Å². The minimum atomic E-state index is 0.474. The van der Waals surface area contributed by atoms with Crippen LogP contribution in [0.25, 0.3) is 16.3 Å². The summed E-state index contributed by atoms with van der Waals surface area (Å²) in [5.41, 5.74) is 5.46. The average molecular weight is 335 g/mol. The summed E-state index contributed by atoms with van der Waals surface area (Å²) < 4.78 is 1.14. The van der Waals surface area contributed by atoms with E-state index in [2.05, 4.69) is 89.6 Å². The van der Waals surface area contributed by atoms with E-state index >= 15 is 0 Å². The fraction of sp³-hybridized carbons (Fsp3) is 0.100. The van der Waals surface area contributed by atoms with Crippen molar-refractivity contribution in [1.29, 1.82) is 0 Å². The molecule has 0 bridgehead atoms. The molecule has 1 aliphatic rings. The predicted octanol–water partition coefficient (Wildman–Crippen LogP) is 6.15. The second-order valence-electron chi connectivity index (χ2n) is 5.63. The van der Waals surface area contributed by atoms with Crippen LogP contribution in [0.3, 0.4) is 0 Å². The van der Waals surface area contributed by atoms with Gasteiger partial charge in [0.05, 0.1) is 0 Å². The van der Waals surface area contributed by atoms with Crippen LogP contribution < -0.4 is 0 Å². The Kier molecular flexibility index (Phi) is 2.97. The van der Waals surface area contributed by atoms with Gasteiger partial charge in [-0.15, -0.1) is 0 Å². The van der Waals surface area contributed by atoms with Gasteiger partial charge in [0.2, 0.25) is 0 Å². The first kappa shape index (κ1) is 12.8. The predicted molar refractivity (Wildman–Crippen MR) is 93.6 cm³/mol. The molecule has 0 saturated carbocycles. The number of halogens is 1. The quantitative estimate of drug-likeness (QED) is 0.500. The molecule has 0 heterocycles. The Morgan fingerprint density at radius 2 is 1.67 bits per heavy atom. The van der Waals surface area contributed by atoms with E-state index in [1.807, 2.05) is 0 Å². The van der Waals surface area contributed by atoms with Crippen molar-refractivity contribution in [2.75, 3.05) is 0 Å². The van der Waals surface area contributed by atoms with Gasteiger partial charge in [-0.2, -0.15) is 0 Å². The molecule has 0 spiro atoms. The summed E-state index contributed by atoms with van der Waals surface area (Å²) in [6.45, 7) is 2.27. The molecule has 1 unspecified atom stereocenters. The first-order valence-electron chi connectivity index (χ1n) is 7.24. The monoisotopic (exact) mass is 334 g/mol. The van der Waals surface area contributed by atoms with Crippen molar-refractivity contribution < 1.29 is 0 Å². The van der Waals surface area contributed by atoms with E-state index in [9.17, 15) is 0 Å². The fourth-order valence-electron chi connectivity index (χ4n) is 3.28. The van der Waals surface area contributed by atoms with Gasteiger partial charge in [-0.1, -0.05) is 77.5 Å². The van der Waals surface area contributed by atoms with Crippen LogP contribution in [0.5, 0.6) is 0 Å². The highest BCUT2D eigenvalue weighted by molar-refractivity contribution is 9.10. The molecule has 4 rings (SSSR count). The maximum absolute atomic E-state index is 3.61. The molecule has 1 heteroatoms. The van der Waals surface area contributed by atoms with Crippen molar-refractivity contribution in [3.8, 4) is 0 Å². The van der Waals surface area contributed by atoms with Gasteiger partial charge in [-0.3, -0.25) is 0 Å². The van der Waals surface area contributed by atoms with E-state index in [0.29, 0.717) is 5.92 Å². The maximum Gasteiger partial charge on any atom is 0.0181 e. The number of fused-ring (bicyclic) bond motifs is 2. The molecule has 0 radical (unpaired) electrons. The lowest BCUT2D eigenvalue weighted by Crippen LogP contribution is -1.90. The Morgan fingerprint density at radius 3 is 2.57 bits per heavy atom. The molecule has 0 saturated heterocycles. The van der Waals surface area contributed by atoms with Gasteiger partial charge >= 0.3 is 0 Å². The Labute approximate surface area is 133 Å². The number of hydrogen-bond acceptors (Lipinski definition) is 0. The van der Waals surface area contributed by atoms with Crippen LogP contribution in [0.15, 0.2) is 71.2 Å². The molecule has 1 atom stereocenters. The van der Waals surface area contributed by atoms with Crippen LogP contribution in [0, 0.1) is 0 Å². The zero-order valence-corrected chi connectivity index (χ0v) is 13.4. The minimum Gasteiger partial charge on any atom is -0.0688 e. The van der Waals surface area contributed by atoms with E-state index in [1.54, 1.807) is 0 Å². The van der Waals surface area contributed by atoms with E-state index in [-0.39, 0.29) is 0 Å². The molecule has 0 N–H and O–H groups in total. The zero-order chi connectivity index (χ0) is 14.4. The fourth-order valence-corrected chi connectivity index (χ4v) is 3.64. The van der Waals surface area contributed by atoms with Crippen molar-refractivity contribution in [2.45, 2.75) is 12.8 Å². The number of allylic oxidation sites excluding steroid dienone is 1. The smallest absolute Gasteiger partial charge is 0.0181 e. The number of rotatable bonds is 1. The second-order valence-corrected chi connectivity index (χ2v) is 6.54. The summed E-state index contributed by atoms with van der Waals surface area (Å²) in [6.07, 6.45) is 2.39. The highest BCUT2D eigenvalue weighted by atomic mass is 79.9.